The van der Waals surface area contributed by atoms with Gasteiger partial charge in [0.1, 0.15) is 11.4 Å². The van der Waals surface area contributed by atoms with Crippen molar-refractivity contribution in [1.82, 2.24) is 9.80 Å². The summed E-state index contributed by atoms with van der Waals surface area (Å²) in [7, 11) is 0. The second-order valence-corrected chi connectivity index (χ2v) is 11.4. The number of nitrogens with zero attached hydrogens (tertiary/aromatic N) is 2. The van der Waals surface area contributed by atoms with Gasteiger partial charge < -0.3 is 15.0 Å². The van der Waals surface area contributed by atoms with E-state index in [2.05, 4.69) is 5.32 Å². The molecule has 3 aliphatic rings. The molecule has 8 heteroatoms. The molecule has 1 N–H and O–H groups in total. The summed E-state index contributed by atoms with van der Waals surface area (Å²) in [6, 6.07) is 18.5. The lowest BCUT2D eigenvalue weighted by atomic mass is 9.81. The molecule has 3 atom stereocenters. The number of halogens is 1. The van der Waals surface area contributed by atoms with Crippen LogP contribution in [-0.4, -0.2) is 52.4 Å². The van der Waals surface area contributed by atoms with Gasteiger partial charge in [0, 0.05) is 36.3 Å². The van der Waals surface area contributed by atoms with E-state index in [0.717, 1.165) is 11.3 Å². The Morgan fingerprint density at radius 1 is 0.974 bits per heavy atom. The van der Waals surface area contributed by atoms with E-state index in [4.69, 9.17) is 4.74 Å². The molecule has 3 heterocycles. The Labute approximate surface area is 226 Å². The number of rotatable bonds is 3. The van der Waals surface area contributed by atoms with Gasteiger partial charge in [0.05, 0.1) is 17.2 Å². The number of imide groups is 1. The smallest absolute Gasteiger partial charge is 0.410 e. The number of likely N-dealkylation sites (tertiary alicyclic amines) is 1. The second-order valence-electron chi connectivity index (χ2n) is 11.4. The minimum absolute atomic E-state index is 0.0924. The average Bonchev–Trinajstić information content (AvgIpc) is 3.45. The van der Waals surface area contributed by atoms with Crippen molar-refractivity contribution in [1.29, 1.82) is 0 Å². The van der Waals surface area contributed by atoms with Crippen LogP contribution in [0, 0.1) is 11.7 Å². The maximum absolute atomic E-state index is 14.7. The number of benzene rings is 3. The molecule has 1 fully saturated rings. The summed E-state index contributed by atoms with van der Waals surface area (Å²) < 4.78 is 20.4. The van der Waals surface area contributed by atoms with Gasteiger partial charge in [-0.25, -0.2) is 9.18 Å². The zero-order chi connectivity index (χ0) is 27.5. The van der Waals surface area contributed by atoms with Crippen LogP contribution in [0.5, 0.6) is 0 Å². The first-order valence-electron chi connectivity index (χ1n) is 13.2. The third-order valence-electron chi connectivity index (χ3n) is 7.74. The number of amides is 3. The van der Waals surface area contributed by atoms with E-state index in [9.17, 15) is 18.8 Å². The summed E-state index contributed by atoms with van der Waals surface area (Å²) in [5.41, 5.74) is 2.99. The molecule has 0 bridgehead atoms. The van der Waals surface area contributed by atoms with Gasteiger partial charge in [0.25, 0.3) is 11.8 Å². The highest BCUT2D eigenvalue weighted by Gasteiger charge is 2.49. The standard InChI is InChI=1S/C31H30FN3O4/c1-31(2,3)39-30(38)34-15-14-22-26(17-35-28(36)20-9-4-5-10-21(20)29(35)37)33-25-13-12-18(16-23(25)27(22)34)19-8-6-7-11-24(19)32/h4-13,16,22,26-27,33H,14-15,17H2,1-3H3/t22-,26+,27-/m1/s1. The quantitative estimate of drug-likeness (QED) is 0.431. The molecule has 39 heavy (non-hydrogen) atoms. The molecular weight excluding hydrogens is 497 g/mol. The first-order chi connectivity index (χ1) is 18.6. The third kappa shape index (κ3) is 4.33. The molecule has 3 amide bonds. The molecule has 0 radical (unpaired) electrons. The fourth-order valence-electron chi connectivity index (χ4n) is 6.05. The molecule has 0 aromatic heterocycles. The van der Waals surface area contributed by atoms with Gasteiger partial charge in [-0.05, 0) is 68.7 Å². The van der Waals surface area contributed by atoms with Crippen molar-refractivity contribution >= 4 is 23.6 Å². The number of anilines is 1. The van der Waals surface area contributed by atoms with Crippen molar-refractivity contribution in [2.75, 3.05) is 18.4 Å². The zero-order valence-electron chi connectivity index (χ0n) is 22.1. The number of hydrogen-bond acceptors (Lipinski definition) is 5. The molecule has 1 saturated heterocycles. The van der Waals surface area contributed by atoms with Gasteiger partial charge in [-0.3, -0.25) is 14.5 Å². The van der Waals surface area contributed by atoms with Crippen LogP contribution in [0.15, 0.2) is 66.7 Å². The fraction of sp³-hybridized carbons (Fsp3) is 0.323. The van der Waals surface area contributed by atoms with E-state index in [0.29, 0.717) is 35.2 Å². The molecule has 0 saturated carbocycles. The number of nitrogens with one attached hydrogen (secondary N) is 1. The molecule has 3 aromatic rings. The molecule has 7 nitrogen and oxygen atoms in total. The van der Waals surface area contributed by atoms with E-state index in [-0.39, 0.29) is 42.2 Å². The van der Waals surface area contributed by atoms with Crippen LogP contribution in [0.4, 0.5) is 14.9 Å². The first kappa shape index (κ1) is 25.1. The highest BCUT2D eigenvalue weighted by molar-refractivity contribution is 6.21. The normalized spacial score (nSPS) is 21.8. The van der Waals surface area contributed by atoms with Gasteiger partial charge >= 0.3 is 6.09 Å². The summed E-state index contributed by atoms with van der Waals surface area (Å²) in [6.45, 7) is 6.13. The van der Waals surface area contributed by atoms with E-state index >= 15 is 0 Å². The zero-order valence-corrected chi connectivity index (χ0v) is 22.1. The summed E-state index contributed by atoms with van der Waals surface area (Å²) >= 11 is 0. The van der Waals surface area contributed by atoms with Gasteiger partial charge in [-0.15, -0.1) is 0 Å². The second kappa shape index (κ2) is 9.22. The van der Waals surface area contributed by atoms with Crippen LogP contribution in [0.2, 0.25) is 0 Å². The Balaban J connectivity index is 1.38. The van der Waals surface area contributed by atoms with Gasteiger partial charge in [0.2, 0.25) is 0 Å². The minimum Gasteiger partial charge on any atom is -0.444 e. The SMILES string of the molecule is CC(C)(C)OC(=O)N1CC[C@@H]2[C@H](CN3C(=O)c4ccccc4C3=O)Nc3ccc(-c4ccccc4F)cc3[C@@H]21. The Bertz CT molecular complexity index is 1460. The monoisotopic (exact) mass is 527 g/mol. The highest BCUT2D eigenvalue weighted by atomic mass is 19.1. The van der Waals surface area contributed by atoms with Crippen molar-refractivity contribution in [2.24, 2.45) is 5.92 Å². The molecule has 200 valence electrons. The van der Waals surface area contributed by atoms with E-state index in [1.54, 1.807) is 47.4 Å². The molecule has 6 rings (SSSR count). The Morgan fingerprint density at radius 3 is 2.26 bits per heavy atom. The van der Waals surface area contributed by atoms with Crippen molar-refractivity contribution in [2.45, 2.75) is 44.9 Å². The van der Waals surface area contributed by atoms with Gasteiger partial charge in [0.15, 0.2) is 0 Å². The summed E-state index contributed by atoms with van der Waals surface area (Å²) in [5, 5.41) is 3.55. The maximum atomic E-state index is 14.7. The van der Waals surface area contributed by atoms with Crippen molar-refractivity contribution in [3.05, 3.63) is 89.2 Å². The lowest BCUT2D eigenvalue weighted by Gasteiger charge is -2.41. The van der Waals surface area contributed by atoms with Gasteiger partial charge in [-0.1, -0.05) is 36.4 Å². The minimum atomic E-state index is -0.667. The van der Waals surface area contributed by atoms with Crippen LogP contribution >= 0.6 is 0 Å². The molecule has 0 unspecified atom stereocenters. The fourth-order valence-corrected chi connectivity index (χ4v) is 6.05. The summed E-state index contributed by atoms with van der Waals surface area (Å²) in [6.07, 6.45) is 0.243. The van der Waals surface area contributed by atoms with Crippen LogP contribution in [0.25, 0.3) is 11.1 Å². The number of carbonyl (C=O) groups excluding carboxylic acids is 3. The van der Waals surface area contributed by atoms with Crippen LogP contribution < -0.4 is 5.32 Å². The topological polar surface area (TPSA) is 79.0 Å². The molecule has 3 aromatic carbocycles. The van der Waals surface area contributed by atoms with Crippen LogP contribution in [0.3, 0.4) is 0 Å². The van der Waals surface area contributed by atoms with Crippen LogP contribution in [0.1, 0.15) is 59.5 Å². The van der Waals surface area contributed by atoms with Crippen molar-refractivity contribution in [3.63, 3.8) is 0 Å². The largest absolute Gasteiger partial charge is 0.444 e. The lowest BCUT2D eigenvalue weighted by molar-refractivity contribution is 0.0193. The summed E-state index contributed by atoms with van der Waals surface area (Å²) in [4.78, 5) is 42.7. The van der Waals surface area contributed by atoms with E-state index in [1.807, 2.05) is 39.0 Å². The van der Waals surface area contributed by atoms with E-state index < -0.39 is 11.7 Å². The predicted molar refractivity (Wildman–Crippen MR) is 145 cm³/mol. The van der Waals surface area contributed by atoms with Crippen LogP contribution in [-0.2, 0) is 4.74 Å². The van der Waals surface area contributed by atoms with E-state index in [1.165, 1.54) is 11.0 Å². The molecule has 0 spiro atoms. The predicted octanol–water partition coefficient (Wildman–Crippen LogP) is 5.88. The highest BCUT2D eigenvalue weighted by Crippen LogP contribution is 2.48. The molecule has 0 aliphatic carbocycles. The van der Waals surface area contributed by atoms with Crippen molar-refractivity contribution in [3.8, 4) is 11.1 Å². The Morgan fingerprint density at radius 2 is 1.62 bits per heavy atom. The van der Waals surface area contributed by atoms with Crippen molar-refractivity contribution < 1.29 is 23.5 Å². The molecular formula is C31H30FN3O4. The number of ether oxygens (including phenoxy) is 1. The van der Waals surface area contributed by atoms with Gasteiger partial charge in [-0.2, -0.15) is 0 Å². The number of carbonyl (C=O) groups is 3. The maximum Gasteiger partial charge on any atom is 0.410 e. The number of fused-ring (bicyclic) bond motifs is 4. The number of hydrogen-bond donors (Lipinski definition) is 1. The third-order valence-corrected chi connectivity index (χ3v) is 7.74. The lowest BCUT2D eigenvalue weighted by Crippen LogP contribution is -2.48. The Kier molecular flexibility index (Phi) is 5.93. The molecule has 3 aliphatic heterocycles. The Hall–Kier alpha value is -4.20. The first-order valence-corrected chi connectivity index (χ1v) is 13.2. The average molecular weight is 528 g/mol. The summed E-state index contributed by atoms with van der Waals surface area (Å²) in [5.74, 6) is -1.03.